The fraction of sp³-hybridized carbons (Fsp3) is 0.250. The fourth-order valence-corrected chi connectivity index (χ4v) is 2.52. The van der Waals surface area contributed by atoms with E-state index in [1.165, 1.54) is 0 Å². The molecular formula is C8H10N2O2S. The quantitative estimate of drug-likeness (QED) is 0.634. The number of nitrogens with one attached hydrogen (secondary N) is 2. The Morgan fingerprint density at radius 2 is 1.92 bits per heavy atom. The Morgan fingerprint density at radius 1 is 1.15 bits per heavy atom. The van der Waals surface area contributed by atoms with Crippen molar-refractivity contribution >= 4 is 15.7 Å². The zero-order valence-corrected chi connectivity index (χ0v) is 7.76. The first-order valence-electron chi connectivity index (χ1n) is 4.03. The molecule has 1 aliphatic heterocycles. The summed E-state index contributed by atoms with van der Waals surface area (Å²) in [6.45, 7) is 1.05. The van der Waals surface area contributed by atoms with E-state index in [1.54, 1.807) is 18.2 Å². The lowest BCUT2D eigenvalue weighted by molar-refractivity contribution is 0.585. The Morgan fingerprint density at radius 3 is 2.77 bits per heavy atom. The van der Waals surface area contributed by atoms with Crippen LogP contribution in [0.15, 0.2) is 29.2 Å². The van der Waals surface area contributed by atoms with Crippen LogP contribution in [0.5, 0.6) is 0 Å². The van der Waals surface area contributed by atoms with Gasteiger partial charge in [0.05, 0.1) is 5.69 Å². The topological polar surface area (TPSA) is 58.2 Å². The van der Waals surface area contributed by atoms with Crippen LogP contribution in [-0.4, -0.2) is 21.5 Å². The summed E-state index contributed by atoms with van der Waals surface area (Å²) in [7, 11) is -3.29. The van der Waals surface area contributed by atoms with E-state index < -0.39 is 10.0 Å². The molecule has 2 N–H and O–H groups in total. The molecule has 0 aliphatic carbocycles. The predicted octanol–water partition coefficient (Wildman–Crippen LogP) is 0.390. The molecule has 0 atom stereocenters. The van der Waals surface area contributed by atoms with Gasteiger partial charge in [0.2, 0.25) is 10.0 Å². The average Bonchev–Trinajstić information content (AvgIpc) is 2.26. The van der Waals surface area contributed by atoms with Gasteiger partial charge in [0, 0.05) is 13.1 Å². The minimum Gasteiger partial charge on any atom is -0.383 e. The zero-order chi connectivity index (χ0) is 9.31. The van der Waals surface area contributed by atoms with Crippen LogP contribution in [-0.2, 0) is 10.0 Å². The number of hydrogen-bond donors (Lipinski definition) is 2. The number of fused-ring (bicyclic) bond motifs is 1. The second kappa shape index (κ2) is 3.01. The highest BCUT2D eigenvalue weighted by molar-refractivity contribution is 7.89. The number of benzene rings is 1. The highest BCUT2D eigenvalue weighted by atomic mass is 32.2. The molecule has 0 bridgehead atoms. The average molecular weight is 198 g/mol. The molecule has 1 aromatic rings. The van der Waals surface area contributed by atoms with Gasteiger partial charge in [-0.15, -0.1) is 0 Å². The molecule has 1 aromatic carbocycles. The van der Waals surface area contributed by atoms with E-state index in [0.717, 1.165) is 0 Å². The van der Waals surface area contributed by atoms with Crippen molar-refractivity contribution in [3.8, 4) is 0 Å². The largest absolute Gasteiger partial charge is 0.383 e. The summed E-state index contributed by atoms with van der Waals surface area (Å²) in [5.74, 6) is 0. The van der Waals surface area contributed by atoms with E-state index in [4.69, 9.17) is 0 Å². The maximum Gasteiger partial charge on any atom is 0.242 e. The van der Waals surface area contributed by atoms with Crippen LogP contribution in [0.1, 0.15) is 0 Å². The molecule has 70 valence electrons. The molecule has 1 heterocycles. The Hall–Kier alpha value is -1.07. The first-order valence-corrected chi connectivity index (χ1v) is 5.51. The minimum absolute atomic E-state index is 0.326. The standard InChI is InChI=1S/C8H10N2O2S/c11-13(12)8-4-2-1-3-7(8)9-5-6-10-13/h1-4,9-10H,5-6H2. The van der Waals surface area contributed by atoms with Crippen LogP contribution in [0.3, 0.4) is 0 Å². The maximum absolute atomic E-state index is 11.5. The second-order valence-electron chi connectivity index (χ2n) is 2.82. The molecule has 4 nitrogen and oxygen atoms in total. The van der Waals surface area contributed by atoms with Crippen molar-refractivity contribution in [1.29, 1.82) is 0 Å². The van der Waals surface area contributed by atoms with Gasteiger partial charge in [0.1, 0.15) is 4.90 Å². The third-order valence-corrected chi connectivity index (χ3v) is 3.43. The van der Waals surface area contributed by atoms with Crippen molar-refractivity contribution in [3.05, 3.63) is 24.3 Å². The summed E-state index contributed by atoms with van der Waals surface area (Å²) in [5.41, 5.74) is 0.674. The van der Waals surface area contributed by atoms with Gasteiger partial charge in [-0.3, -0.25) is 0 Å². The van der Waals surface area contributed by atoms with Gasteiger partial charge in [-0.05, 0) is 12.1 Å². The Bertz CT molecular complexity index is 414. The van der Waals surface area contributed by atoms with Crippen molar-refractivity contribution < 1.29 is 8.42 Å². The monoisotopic (exact) mass is 198 g/mol. The van der Waals surface area contributed by atoms with Gasteiger partial charge in [0.15, 0.2) is 0 Å². The molecule has 0 saturated heterocycles. The Kier molecular flexibility index (Phi) is 1.97. The highest BCUT2D eigenvalue weighted by Crippen LogP contribution is 2.21. The molecule has 0 unspecified atom stereocenters. The lowest BCUT2D eigenvalue weighted by Gasteiger charge is -2.04. The lowest BCUT2D eigenvalue weighted by Crippen LogP contribution is -2.25. The Labute approximate surface area is 77.0 Å². The van der Waals surface area contributed by atoms with Crippen LogP contribution in [0, 0.1) is 0 Å². The van der Waals surface area contributed by atoms with Crippen molar-refractivity contribution in [2.75, 3.05) is 18.4 Å². The number of sulfonamides is 1. The van der Waals surface area contributed by atoms with Crippen molar-refractivity contribution in [3.63, 3.8) is 0 Å². The number of hydrogen-bond acceptors (Lipinski definition) is 3. The summed E-state index contributed by atoms with van der Waals surface area (Å²) in [4.78, 5) is 0.326. The van der Waals surface area contributed by atoms with Gasteiger partial charge in [0.25, 0.3) is 0 Å². The van der Waals surface area contributed by atoms with Gasteiger partial charge in [-0.2, -0.15) is 0 Å². The fourth-order valence-electron chi connectivity index (χ4n) is 1.31. The smallest absolute Gasteiger partial charge is 0.242 e. The number of anilines is 1. The molecule has 13 heavy (non-hydrogen) atoms. The minimum atomic E-state index is -3.29. The van der Waals surface area contributed by atoms with Gasteiger partial charge < -0.3 is 5.32 Å². The molecule has 0 saturated carbocycles. The second-order valence-corrected chi connectivity index (χ2v) is 4.56. The summed E-state index contributed by atoms with van der Waals surface area (Å²) in [6.07, 6.45) is 0. The van der Waals surface area contributed by atoms with Crippen LogP contribution in [0.4, 0.5) is 5.69 Å². The van der Waals surface area contributed by atoms with Crippen LogP contribution >= 0.6 is 0 Å². The van der Waals surface area contributed by atoms with Crippen LogP contribution in [0.2, 0.25) is 0 Å². The molecule has 0 aromatic heterocycles. The third-order valence-electron chi connectivity index (χ3n) is 1.91. The van der Waals surface area contributed by atoms with E-state index in [1.807, 2.05) is 6.07 Å². The molecule has 0 fully saturated rings. The van der Waals surface area contributed by atoms with Gasteiger partial charge in [-0.25, -0.2) is 13.1 Å². The van der Waals surface area contributed by atoms with Gasteiger partial charge in [-0.1, -0.05) is 12.1 Å². The molecule has 2 rings (SSSR count). The van der Waals surface area contributed by atoms with Crippen LogP contribution in [0.25, 0.3) is 0 Å². The molecule has 5 heteroatoms. The summed E-state index contributed by atoms with van der Waals surface area (Å²) >= 11 is 0. The van der Waals surface area contributed by atoms with Crippen molar-refractivity contribution in [2.45, 2.75) is 4.90 Å². The van der Waals surface area contributed by atoms with Crippen LogP contribution < -0.4 is 10.0 Å². The molecule has 0 spiro atoms. The molecule has 0 radical (unpaired) electrons. The number of rotatable bonds is 0. The van der Waals surface area contributed by atoms with Crippen molar-refractivity contribution in [1.82, 2.24) is 4.72 Å². The third kappa shape index (κ3) is 1.52. The highest BCUT2D eigenvalue weighted by Gasteiger charge is 2.19. The molecular weight excluding hydrogens is 188 g/mol. The van der Waals surface area contributed by atoms with Crippen molar-refractivity contribution in [2.24, 2.45) is 0 Å². The first kappa shape index (κ1) is 8.52. The zero-order valence-electron chi connectivity index (χ0n) is 6.95. The lowest BCUT2D eigenvalue weighted by atomic mass is 10.3. The SMILES string of the molecule is O=S1(=O)NCCNc2ccccc21. The number of para-hydroxylation sites is 1. The van der Waals surface area contributed by atoms with E-state index in [2.05, 4.69) is 10.0 Å². The van der Waals surface area contributed by atoms with E-state index in [0.29, 0.717) is 23.7 Å². The summed E-state index contributed by atoms with van der Waals surface area (Å²) in [6, 6.07) is 6.88. The van der Waals surface area contributed by atoms with E-state index in [9.17, 15) is 8.42 Å². The van der Waals surface area contributed by atoms with E-state index in [-0.39, 0.29) is 0 Å². The molecule has 0 amide bonds. The summed E-state index contributed by atoms with van der Waals surface area (Å²) < 4.78 is 25.6. The van der Waals surface area contributed by atoms with Gasteiger partial charge >= 0.3 is 0 Å². The maximum atomic E-state index is 11.5. The summed E-state index contributed by atoms with van der Waals surface area (Å²) in [5, 5.41) is 3.04. The normalized spacial score (nSPS) is 19.7. The predicted molar refractivity (Wildman–Crippen MR) is 50.1 cm³/mol. The van der Waals surface area contributed by atoms with E-state index >= 15 is 0 Å². The Balaban J connectivity index is 2.62. The first-order chi connectivity index (χ1) is 6.20. The molecule has 1 aliphatic rings.